The van der Waals surface area contributed by atoms with Crippen LogP contribution >= 0.6 is 0 Å². The van der Waals surface area contributed by atoms with Gasteiger partial charge in [0, 0.05) is 19.2 Å². The number of benzene rings is 1. The second kappa shape index (κ2) is 8.96. The average molecular weight is 445 g/mol. The Labute approximate surface area is 194 Å². The zero-order valence-electron chi connectivity index (χ0n) is 19.5. The van der Waals surface area contributed by atoms with Gasteiger partial charge in [-0.15, -0.1) is 0 Å². The normalized spacial score (nSPS) is 20.8. The monoisotopic (exact) mass is 444 g/mol. The maximum Gasteiger partial charge on any atom is 0.256 e. The van der Waals surface area contributed by atoms with Gasteiger partial charge in [0.25, 0.3) is 5.91 Å². The third-order valence-electron chi connectivity index (χ3n) is 6.85. The smallest absolute Gasteiger partial charge is 0.256 e. The summed E-state index contributed by atoms with van der Waals surface area (Å²) in [6.45, 7) is 5.26. The molecule has 0 radical (unpaired) electrons. The van der Waals surface area contributed by atoms with Crippen molar-refractivity contribution in [2.45, 2.75) is 70.9 Å². The minimum atomic E-state index is -0.530. The Morgan fingerprint density at radius 2 is 1.97 bits per heavy atom. The van der Waals surface area contributed by atoms with Crippen LogP contribution in [0.25, 0.3) is 11.1 Å². The van der Waals surface area contributed by atoms with E-state index in [4.69, 9.17) is 5.10 Å². The largest absolute Gasteiger partial charge is 0.342 e. The van der Waals surface area contributed by atoms with Crippen LogP contribution in [0.5, 0.6) is 0 Å². The van der Waals surface area contributed by atoms with Gasteiger partial charge in [-0.2, -0.15) is 10.2 Å². The number of nitrogens with zero attached hydrogens (tertiary/aromatic N) is 4. The second-order valence-corrected chi connectivity index (χ2v) is 9.67. The van der Waals surface area contributed by atoms with Crippen molar-refractivity contribution in [3.05, 3.63) is 65.5 Å². The summed E-state index contributed by atoms with van der Waals surface area (Å²) in [4.78, 5) is 17.7. The zero-order chi connectivity index (χ0) is 22.8. The van der Waals surface area contributed by atoms with Crippen LogP contribution in [-0.4, -0.2) is 30.9 Å². The maximum absolute atomic E-state index is 13.4. The standard InChI is InChI=1S/C26H32N6O/c1-3-4-5-6-18-9-11-20(12-10-18)26(2)15-21(22-13-14-32(31-22)16-19-7-8-19)23(25(33)29-26)24-27-17-28-30-24/h9-14,17,19H,3-8,15-16H2,1-2H3,(H,29,33)(H,27,28,30). The number of nitrogens with one attached hydrogen (secondary N) is 2. The minimum absolute atomic E-state index is 0.153. The molecule has 1 saturated carbocycles. The average Bonchev–Trinajstić information content (AvgIpc) is 3.24. The molecule has 2 aliphatic rings. The number of amides is 1. The van der Waals surface area contributed by atoms with Gasteiger partial charge in [0.1, 0.15) is 6.33 Å². The number of hydrogen-bond acceptors (Lipinski definition) is 4. The van der Waals surface area contributed by atoms with E-state index >= 15 is 0 Å². The molecule has 172 valence electrons. The van der Waals surface area contributed by atoms with Crippen molar-refractivity contribution in [2.24, 2.45) is 5.92 Å². The highest BCUT2D eigenvalue weighted by Gasteiger charge is 2.39. The lowest BCUT2D eigenvalue weighted by Crippen LogP contribution is -2.47. The van der Waals surface area contributed by atoms with Gasteiger partial charge < -0.3 is 5.32 Å². The van der Waals surface area contributed by atoms with Crippen molar-refractivity contribution in [3.63, 3.8) is 0 Å². The highest BCUT2D eigenvalue weighted by atomic mass is 16.2. The molecule has 3 aromatic rings. The van der Waals surface area contributed by atoms with Crippen molar-refractivity contribution < 1.29 is 4.79 Å². The molecule has 2 aromatic heterocycles. The van der Waals surface area contributed by atoms with E-state index in [2.05, 4.69) is 58.6 Å². The van der Waals surface area contributed by atoms with Crippen molar-refractivity contribution in [3.8, 4) is 0 Å². The Balaban J connectivity index is 1.47. The van der Waals surface area contributed by atoms with Crippen LogP contribution in [0.3, 0.4) is 0 Å². The lowest BCUT2D eigenvalue weighted by atomic mass is 9.79. The predicted molar refractivity (Wildman–Crippen MR) is 128 cm³/mol. The van der Waals surface area contributed by atoms with Crippen LogP contribution < -0.4 is 5.32 Å². The van der Waals surface area contributed by atoms with E-state index in [-0.39, 0.29) is 5.91 Å². The summed E-state index contributed by atoms with van der Waals surface area (Å²) in [5.74, 6) is 1.06. The van der Waals surface area contributed by atoms with Gasteiger partial charge in [0.05, 0.1) is 16.8 Å². The number of carbonyl (C=O) groups excluding carboxylic acids is 1. The molecule has 0 saturated heterocycles. The first-order valence-corrected chi connectivity index (χ1v) is 12.1. The van der Waals surface area contributed by atoms with Crippen molar-refractivity contribution in [1.82, 2.24) is 30.3 Å². The van der Waals surface area contributed by atoms with Crippen molar-refractivity contribution >= 4 is 17.1 Å². The van der Waals surface area contributed by atoms with E-state index < -0.39 is 5.54 Å². The van der Waals surface area contributed by atoms with Crippen LogP contribution in [0.1, 0.15) is 75.0 Å². The molecule has 5 rings (SSSR count). The fourth-order valence-corrected chi connectivity index (χ4v) is 4.71. The highest BCUT2D eigenvalue weighted by molar-refractivity contribution is 6.27. The first-order valence-electron chi connectivity index (χ1n) is 12.1. The molecule has 2 N–H and O–H groups in total. The molecule has 1 aliphatic carbocycles. The molecule has 1 fully saturated rings. The summed E-state index contributed by atoms with van der Waals surface area (Å²) in [5.41, 5.74) is 4.17. The number of aromatic amines is 1. The van der Waals surface area contributed by atoms with Gasteiger partial charge in [-0.3, -0.25) is 14.6 Å². The Hall–Kier alpha value is -3.22. The highest BCUT2D eigenvalue weighted by Crippen LogP contribution is 2.40. The van der Waals surface area contributed by atoms with Crippen LogP contribution in [0.15, 0.2) is 42.9 Å². The van der Waals surface area contributed by atoms with Gasteiger partial charge in [-0.25, -0.2) is 4.98 Å². The number of unbranched alkanes of at least 4 members (excludes halogenated alkanes) is 2. The summed E-state index contributed by atoms with van der Waals surface area (Å²) in [6, 6.07) is 10.7. The van der Waals surface area contributed by atoms with E-state index in [0.717, 1.165) is 35.7 Å². The SMILES string of the molecule is CCCCCc1ccc(C2(C)CC(c3ccn(CC4CC4)n3)=C(c3ncn[nH]3)C(=O)N2)cc1. The van der Waals surface area contributed by atoms with Gasteiger partial charge in [0.2, 0.25) is 0 Å². The minimum Gasteiger partial charge on any atom is -0.342 e. The summed E-state index contributed by atoms with van der Waals surface area (Å²) in [6.07, 6.45) is 11.4. The number of H-pyrrole nitrogens is 1. The molecule has 1 amide bonds. The number of hydrogen-bond donors (Lipinski definition) is 2. The fourth-order valence-electron chi connectivity index (χ4n) is 4.71. The van der Waals surface area contributed by atoms with Gasteiger partial charge in [-0.1, -0.05) is 44.0 Å². The first kappa shape index (κ1) is 21.6. The predicted octanol–water partition coefficient (Wildman–Crippen LogP) is 4.49. The van der Waals surface area contributed by atoms with Crippen molar-refractivity contribution in [1.29, 1.82) is 0 Å². The summed E-state index contributed by atoms with van der Waals surface area (Å²) >= 11 is 0. The molecular weight excluding hydrogens is 412 g/mol. The zero-order valence-corrected chi connectivity index (χ0v) is 19.5. The van der Waals surface area contributed by atoms with E-state index in [1.165, 1.54) is 44.0 Å². The van der Waals surface area contributed by atoms with Gasteiger partial charge in [-0.05, 0) is 61.3 Å². The molecule has 0 spiro atoms. The lowest BCUT2D eigenvalue weighted by Gasteiger charge is -2.37. The van der Waals surface area contributed by atoms with E-state index in [9.17, 15) is 4.79 Å². The molecule has 33 heavy (non-hydrogen) atoms. The number of rotatable bonds is 9. The summed E-state index contributed by atoms with van der Waals surface area (Å²) in [7, 11) is 0. The molecule has 7 heteroatoms. The van der Waals surface area contributed by atoms with Crippen LogP contribution in [0.4, 0.5) is 0 Å². The first-order chi connectivity index (χ1) is 16.1. The lowest BCUT2D eigenvalue weighted by molar-refractivity contribution is -0.117. The molecule has 3 heterocycles. The second-order valence-electron chi connectivity index (χ2n) is 9.67. The molecule has 1 unspecified atom stereocenters. The quantitative estimate of drug-likeness (QED) is 0.476. The van der Waals surface area contributed by atoms with E-state index in [1.807, 2.05) is 16.9 Å². The topological polar surface area (TPSA) is 88.5 Å². The number of aryl methyl sites for hydroxylation is 1. The molecule has 7 nitrogen and oxygen atoms in total. The molecule has 1 aliphatic heterocycles. The van der Waals surface area contributed by atoms with Crippen LogP contribution in [-0.2, 0) is 23.3 Å². The summed E-state index contributed by atoms with van der Waals surface area (Å²) < 4.78 is 2.01. The van der Waals surface area contributed by atoms with Crippen LogP contribution in [0.2, 0.25) is 0 Å². The number of aromatic nitrogens is 5. The summed E-state index contributed by atoms with van der Waals surface area (Å²) in [5, 5.41) is 14.9. The van der Waals surface area contributed by atoms with Crippen molar-refractivity contribution in [2.75, 3.05) is 0 Å². The maximum atomic E-state index is 13.4. The van der Waals surface area contributed by atoms with Crippen LogP contribution in [0, 0.1) is 5.92 Å². The third-order valence-corrected chi connectivity index (χ3v) is 6.85. The number of carbonyl (C=O) groups is 1. The molecule has 0 bridgehead atoms. The molecular formula is C26H32N6O. The Morgan fingerprint density at radius 3 is 2.67 bits per heavy atom. The van der Waals surface area contributed by atoms with E-state index in [0.29, 0.717) is 17.8 Å². The van der Waals surface area contributed by atoms with Gasteiger partial charge in [0.15, 0.2) is 5.82 Å². The van der Waals surface area contributed by atoms with E-state index in [1.54, 1.807) is 0 Å². The molecule has 1 aromatic carbocycles. The Morgan fingerprint density at radius 1 is 1.15 bits per heavy atom. The molecule has 1 atom stereocenters. The fraction of sp³-hybridized carbons (Fsp3) is 0.462. The Kier molecular flexibility index (Phi) is 5.87. The Bertz CT molecular complexity index is 1140. The van der Waals surface area contributed by atoms with Gasteiger partial charge >= 0.3 is 0 Å². The third kappa shape index (κ3) is 4.63.